The number of piperidine rings is 1. The van der Waals surface area contributed by atoms with Crippen molar-refractivity contribution in [3.8, 4) is 0 Å². The van der Waals surface area contributed by atoms with Crippen molar-refractivity contribution in [3.05, 3.63) is 0 Å². The van der Waals surface area contributed by atoms with Crippen LogP contribution in [0.15, 0.2) is 0 Å². The number of hydrogen-bond donors (Lipinski definition) is 2. The summed E-state index contributed by atoms with van der Waals surface area (Å²) in [4.78, 5) is 0. The van der Waals surface area contributed by atoms with Crippen molar-refractivity contribution in [2.24, 2.45) is 0 Å². The van der Waals surface area contributed by atoms with Crippen molar-refractivity contribution in [2.45, 2.75) is 32.2 Å². The van der Waals surface area contributed by atoms with Crippen molar-refractivity contribution in [1.82, 2.24) is 14.3 Å². The summed E-state index contributed by atoms with van der Waals surface area (Å²) in [5, 5.41) is 3.21. The largest absolute Gasteiger partial charge is 0.315 e. The molecule has 5 nitrogen and oxygen atoms in total. The Morgan fingerprint density at radius 2 is 2.27 bits per heavy atom. The van der Waals surface area contributed by atoms with E-state index in [-0.39, 0.29) is 6.04 Å². The monoisotopic (exact) mass is 235 g/mol. The maximum atomic E-state index is 11.8. The van der Waals surface area contributed by atoms with Crippen LogP contribution >= 0.6 is 0 Å². The second-order valence-corrected chi connectivity index (χ2v) is 5.73. The average Bonchev–Trinajstić information content (AvgIpc) is 2.26. The molecule has 1 heterocycles. The summed E-state index contributed by atoms with van der Waals surface area (Å²) >= 11 is 0. The predicted octanol–water partition coefficient (Wildman–Crippen LogP) is -0.0854. The van der Waals surface area contributed by atoms with Crippen LogP contribution in [0.1, 0.15) is 26.2 Å². The molecule has 15 heavy (non-hydrogen) atoms. The topological polar surface area (TPSA) is 61.4 Å². The molecule has 1 atom stereocenters. The van der Waals surface area contributed by atoms with Crippen LogP contribution in [0.25, 0.3) is 0 Å². The van der Waals surface area contributed by atoms with E-state index in [1.54, 1.807) is 7.05 Å². The molecular weight excluding hydrogens is 214 g/mol. The fraction of sp³-hybridized carbons (Fsp3) is 1.00. The van der Waals surface area contributed by atoms with Gasteiger partial charge in [-0.1, -0.05) is 6.92 Å². The molecule has 0 saturated carbocycles. The SMILES string of the molecule is CCCNS(=O)(=O)N(C)C1CCCNC1. The molecule has 1 fully saturated rings. The van der Waals surface area contributed by atoms with Gasteiger partial charge < -0.3 is 5.32 Å². The summed E-state index contributed by atoms with van der Waals surface area (Å²) in [6.07, 6.45) is 2.80. The molecule has 1 aliphatic heterocycles. The molecule has 90 valence electrons. The first-order chi connectivity index (χ1) is 7.08. The highest BCUT2D eigenvalue weighted by Crippen LogP contribution is 2.11. The van der Waals surface area contributed by atoms with Gasteiger partial charge in [-0.25, -0.2) is 4.72 Å². The second-order valence-electron chi connectivity index (χ2n) is 3.92. The summed E-state index contributed by atoms with van der Waals surface area (Å²) in [6, 6.07) is 0.0908. The Labute approximate surface area is 92.4 Å². The Hall–Kier alpha value is -0.170. The lowest BCUT2D eigenvalue weighted by atomic mass is 10.1. The third-order valence-corrected chi connectivity index (χ3v) is 4.32. The molecule has 2 N–H and O–H groups in total. The van der Waals surface area contributed by atoms with E-state index in [0.717, 1.165) is 32.4 Å². The van der Waals surface area contributed by atoms with Gasteiger partial charge in [0.25, 0.3) is 10.2 Å². The zero-order valence-corrected chi connectivity index (χ0v) is 10.3. The van der Waals surface area contributed by atoms with Crippen molar-refractivity contribution >= 4 is 10.2 Å². The molecule has 0 bridgehead atoms. The van der Waals surface area contributed by atoms with Crippen molar-refractivity contribution in [2.75, 3.05) is 26.7 Å². The maximum absolute atomic E-state index is 11.8. The Morgan fingerprint density at radius 1 is 1.53 bits per heavy atom. The molecule has 0 radical (unpaired) electrons. The molecule has 0 spiro atoms. The minimum absolute atomic E-state index is 0.0908. The van der Waals surface area contributed by atoms with E-state index >= 15 is 0 Å². The minimum atomic E-state index is -3.28. The van der Waals surface area contributed by atoms with Gasteiger partial charge in [-0.15, -0.1) is 0 Å². The maximum Gasteiger partial charge on any atom is 0.279 e. The van der Waals surface area contributed by atoms with Crippen LogP contribution in [0.2, 0.25) is 0 Å². The molecule has 1 unspecified atom stereocenters. The van der Waals surface area contributed by atoms with Gasteiger partial charge >= 0.3 is 0 Å². The van der Waals surface area contributed by atoms with Crippen LogP contribution < -0.4 is 10.0 Å². The highest BCUT2D eigenvalue weighted by Gasteiger charge is 2.26. The van der Waals surface area contributed by atoms with Crippen LogP contribution in [-0.4, -0.2) is 45.4 Å². The lowest BCUT2D eigenvalue weighted by Gasteiger charge is -2.30. The fourth-order valence-corrected chi connectivity index (χ4v) is 2.91. The summed E-state index contributed by atoms with van der Waals surface area (Å²) in [5.41, 5.74) is 0. The smallest absolute Gasteiger partial charge is 0.279 e. The third kappa shape index (κ3) is 3.71. The van der Waals surface area contributed by atoms with Crippen molar-refractivity contribution in [1.29, 1.82) is 0 Å². The van der Waals surface area contributed by atoms with E-state index in [2.05, 4.69) is 10.0 Å². The molecule has 0 aromatic rings. The third-order valence-electron chi connectivity index (χ3n) is 2.70. The minimum Gasteiger partial charge on any atom is -0.315 e. The second kappa shape index (κ2) is 5.79. The fourth-order valence-electron chi connectivity index (χ4n) is 1.67. The number of likely N-dealkylation sites (N-methyl/N-ethyl adjacent to an activating group) is 1. The molecule has 0 aromatic carbocycles. The quantitative estimate of drug-likeness (QED) is 0.700. The Kier molecular flexibility index (Phi) is 4.98. The van der Waals surface area contributed by atoms with Crippen LogP contribution in [0.4, 0.5) is 0 Å². The molecule has 1 rings (SSSR count). The zero-order chi connectivity index (χ0) is 11.3. The number of hydrogen-bond acceptors (Lipinski definition) is 3. The molecule has 6 heteroatoms. The van der Waals surface area contributed by atoms with Crippen LogP contribution in [-0.2, 0) is 10.2 Å². The van der Waals surface area contributed by atoms with Gasteiger partial charge in [0.2, 0.25) is 0 Å². The van der Waals surface area contributed by atoms with Crippen LogP contribution in [0.5, 0.6) is 0 Å². The van der Waals surface area contributed by atoms with Gasteiger partial charge in [0.05, 0.1) is 0 Å². The highest BCUT2D eigenvalue weighted by molar-refractivity contribution is 7.87. The molecule has 0 aliphatic carbocycles. The summed E-state index contributed by atoms with van der Waals surface area (Å²) < 4.78 is 27.6. The van der Waals surface area contributed by atoms with Crippen LogP contribution in [0, 0.1) is 0 Å². The van der Waals surface area contributed by atoms with E-state index in [0.29, 0.717) is 6.54 Å². The standard InChI is InChI=1S/C9H21N3O2S/c1-3-6-11-15(13,14)12(2)9-5-4-7-10-8-9/h9-11H,3-8H2,1-2H3. The van der Waals surface area contributed by atoms with E-state index in [4.69, 9.17) is 0 Å². The van der Waals surface area contributed by atoms with E-state index in [1.165, 1.54) is 4.31 Å². The van der Waals surface area contributed by atoms with Gasteiger partial charge in [-0.3, -0.25) is 0 Å². The molecule has 0 amide bonds. The van der Waals surface area contributed by atoms with Gasteiger partial charge in [0.15, 0.2) is 0 Å². The zero-order valence-electron chi connectivity index (χ0n) is 9.49. The average molecular weight is 235 g/mol. The highest BCUT2D eigenvalue weighted by atomic mass is 32.2. The first kappa shape index (κ1) is 12.9. The molecule has 1 aliphatic rings. The predicted molar refractivity (Wildman–Crippen MR) is 60.9 cm³/mol. The molecule has 0 aromatic heterocycles. The Balaban J connectivity index is 2.53. The van der Waals surface area contributed by atoms with Crippen molar-refractivity contribution in [3.63, 3.8) is 0 Å². The number of nitrogens with one attached hydrogen (secondary N) is 2. The van der Waals surface area contributed by atoms with Gasteiger partial charge in [0, 0.05) is 26.2 Å². The first-order valence-corrected chi connectivity index (χ1v) is 6.95. The summed E-state index contributed by atoms with van der Waals surface area (Å²) in [5.74, 6) is 0. The van der Waals surface area contributed by atoms with E-state index in [9.17, 15) is 8.42 Å². The van der Waals surface area contributed by atoms with Crippen molar-refractivity contribution < 1.29 is 8.42 Å². The first-order valence-electron chi connectivity index (χ1n) is 5.51. The van der Waals surface area contributed by atoms with Crippen LogP contribution in [0.3, 0.4) is 0 Å². The van der Waals surface area contributed by atoms with Gasteiger partial charge in [-0.2, -0.15) is 12.7 Å². The summed E-state index contributed by atoms with van der Waals surface area (Å²) in [6.45, 7) is 4.20. The number of rotatable bonds is 5. The normalized spacial score (nSPS) is 23.3. The molecular formula is C9H21N3O2S. The van der Waals surface area contributed by atoms with Gasteiger partial charge in [-0.05, 0) is 25.8 Å². The van der Waals surface area contributed by atoms with Gasteiger partial charge in [0.1, 0.15) is 0 Å². The lowest BCUT2D eigenvalue weighted by molar-refractivity contribution is 0.297. The Bertz CT molecular complexity index is 273. The Morgan fingerprint density at radius 3 is 2.80 bits per heavy atom. The summed E-state index contributed by atoms with van der Waals surface area (Å²) in [7, 11) is -1.63. The van der Waals surface area contributed by atoms with E-state index < -0.39 is 10.2 Å². The molecule has 1 saturated heterocycles. The lowest BCUT2D eigenvalue weighted by Crippen LogP contribution is -2.50. The van der Waals surface area contributed by atoms with E-state index in [1.807, 2.05) is 6.92 Å². The number of nitrogens with zero attached hydrogens (tertiary/aromatic N) is 1.